The molecular weight excluding hydrogens is 670 g/mol. The molecule has 0 aromatic heterocycles. The largest absolute Gasteiger partial charge is 0.487 e. The second kappa shape index (κ2) is 10.9. The molecule has 9 heteroatoms. The van der Waals surface area contributed by atoms with Crippen LogP contribution in [0.4, 0.5) is 0 Å². The molecule has 0 spiro atoms. The van der Waals surface area contributed by atoms with Gasteiger partial charge in [-0.2, -0.15) is 0 Å². The van der Waals surface area contributed by atoms with Crippen LogP contribution in [0.3, 0.4) is 0 Å². The van der Waals surface area contributed by atoms with Crippen molar-refractivity contribution in [2.75, 3.05) is 6.54 Å². The molecule has 0 unspecified atom stereocenters. The first-order valence-electron chi connectivity index (χ1n) is 12.1. The molecule has 2 aliphatic carbocycles. The summed E-state index contributed by atoms with van der Waals surface area (Å²) < 4.78 is 8.52. The number of carboxylic acid groups (broad SMARTS) is 1. The molecule has 1 heterocycles. The van der Waals surface area contributed by atoms with Crippen molar-refractivity contribution >= 4 is 65.3 Å². The van der Waals surface area contributed by atoms with E-state index in [2.05, 4.69) is 47.8 Å². The van der Waals surface area contributed by atoms with Gasteiger partial charge in [-0.05, 0) is 92.9 Å². The molecule has 0 saturated carbocycles. The van der Waals surface area contributed by atoms with Crippen LogP contribution in [0.15, 0.2) is 72.4 Å². The molecule has 37 heavy (non-hydrogen) atoms. The van der Waals surface area contributed by atoms with E-state index in [0.717, 1.165) is 27.0 Å². The number of ether oxygens (including phenoxy) is 1. The maximum atomic E-state index is 13.3. The highest BCUT2D eigenvalue weighted by Gasteiger charge is 2.43. The topological polar surface area (TPSA) is 83.9 Å². The summed E-state index contributed by atoms with van der Waals surface area (Å²) in [6.45, 7) is 0.125. The van der Waals surface area contributed by atoms with E-state index in [4.69, 9.17) is 4.74 Å². The molecular formula is C28H24Br3NO5. The second-order valence-electron chi connectivity index (χ2n) is 9.42. The van der Waals surface area contributed by atoms with Crippen LogP contribution in [0.25, 0.3) is 0 Å². The first-order valence-corrected chi connectivity index (χ1v) is 14.5. The van der Waals surface area contributed by atoms with Crippen LogP contribution in [-0.4, -0.2) is 34.1 Å². The van der Waals surface area contributed by atoms with E-state index in [-0.39, 0.29) is 18.1 Å². The molecule has 5 rings (SSSR count). The second-order valence-corrected chi connectivity index (χ2v) is 12.0. The number of carbonyl (C=O) groups is 3. The van der Waals surface area contributed by atoms with Gasteiger partial charge in [0.25, 0.3) is 0 Å². The van der Waals surface area contributed by atoms with Crippen LogP contribution in [0.2, 0.25) is 0 Å². The smallest absolute Gasteiger partial charge is 0.323 e. The lowest BCUT2D eigenvalue weighted by Gasteiger charge is -2.43. The zero-order valence-corrected chi connectivity index (χ0v) is 24.6. The molecule has 2 aromatic carbocycles. The van der Waals surface area contributed by atoms with Gasteiger partial charge in [-0.1, -0.05) is 28.1 Å². The first-order chi connectivity index (χ1) is 17.7. The van der Waals surface area contributed by atoms with Gasteiger partial charge in [-0.15, -0.1) is 0 Å². The van der Waals surface area contributed by atoms with Crippen LogP contribution in [-0.2, 0) is 21.0 Å². The van der Waals surface area contributed by atoms with Gasteiger partial charge in [0.15, 0.2) is 11.6 Å². The first kappa shape index (κ1) is 26.4. The van der Waals surface area contributed by atoms with Crippen molar-refractivity contribution in [2.24, 2.45) is 0 Å². The minimum atomic E-state index is -0.981. The number of benzene rings is 2. The van der Waals surface area contributed by atoms with Crippen molar-refractivity contribution in [1.82, 2.24) is 4.90 Å². The fourth-order valence-electron chi connectivity index (χ4n) is 5.50. The minimum absolute atomic E-state index is 0.0191. The Bertz CT molecular complexity index is 1300. The Morgan fingerprint density at radius 1 is 0.892 bits per heavy atom. The Morgan fingerprint density at radius 2 is 1.43 bits per heavy atom. The average Bonchev–Trinajstić information content (AvgIpc) is 2.85. The van der Waals surface area contributed by atoms with Crippen molar-refractivity contribution in [3.8, 4) is 5.75 Å². The zero-order chi connectivity index (χ0) is 26.3. The monoisotopic (exact) mass is 691 g/mol. The van der Waals surface area contributed by atoms with Gasteiger partial charge in [0, 0.05) is 45.8 Å². The van der Waals surface area contributed by atoms with Crippen molar-refractivity contribution < 1.29 is 24.2 Å². The lowest BCUT2D eigenvalue weighted by Crippen LogP contribution is -2.41. The molecule has 0 bridgehead atoms. The van der Waals surface area contributed by atoms with E-state index in [1.54, 1.807) is 4.90 Å². The van der Waals surface area contributed by atoms with E-state index in [1.807, 2.05) is 36.4 Å². The van der Waals surface area contributed by atoms with Gasteiger partial charge in [-0.3, -0.25) is 14.4 Å². The number of halogens is 3. The highest BCUT2D eigenvalue weighted by molar-refractivity contribution is 9.11. The molecule has 1 N–H and O–H groups in total. The number of Topliss-reactive ketones (excluding diaryl/α,β-unsaturated/α-hetero) is 2. The Kier molecular flexibility index (Phi) is 7.75. The quantitative estimate of drug-likeness (QED) is 0.349. The van der Waals surface area contributed by atoms with Crippen LogP contribution >= 0.6 is 47.8 Å². The number of hydrogen-bond donors (Lipinski definition) is 1. The Labute approximate surface area is 240 Å². The molecule has 0 saturated heterocycles. The summed E-state index contributed by atoms with van der Waals surface area (Å²) in [5.41, 5.74) is 4.43. The van der Waals surface area contributed by atoms with Crippen molar-refractivity contribution in [1.29, 1.82) is 0 Å². The third kappa shape index (κ3) is 5.22. The van der Waals surface area contributed by atoms with Gasteiger partial charge in [0.05, 0.1) is 8.95 Å². The summed E-state index contributed by atoms with van der Waals surface area (Å²) >= 11 is 10.7. The van der Waals surface area contributed by atoms with E-state index in [1.165, 1.54) is 0 Å². The average molecular weight is 694 g/mol. The standard InChI is InChI=1S/C28H24Br3NO5/c29-17-9-7-15(8-10-17)14-37-28-18(30)11-16(12-19(28)31)25-26-20(3-1-5-22(26)33)32(13-24(35)36)21-4-2-6-23(34)27(21)25/h7-12,25H,1-6,13-14H2,(H,35,36). The number of hydrogen-bond acceptors (Lipinski definition) is 5. The highest BCUT2D eigenvalue weighted by Crippen LogP contribution is 2.50. The molecule has 0 amide bonds. The van der Waals surface area contributed by atoms with Crippen LogP contribution in [0.1, 0.15) is 55.6 Å². The van der Waals surface area contributed by atoms with Gasteiger partial charge >= 0.3 is 5.97 Å². The van der Waals surface area contributed by atoms with Crippen LogP contribution in [0, 0.1) is 0 Å². The van der Waals surface area contributed by atoms with Gasteiger partial charge in [0.2, 0.25) is 0 Å². The molecule has 1 aliphatic heterocycles. The number of aliphatic carboxylic acids is 1. The van der Waals surface area contributed by atoms with Crippen LogP contribution in [0.5, 0.6) is 5.75 Å². The summed E-state index contributed by atoms with van der Waals surface area (Å²) in [4.78, 5) is 40.1. The summed E-state index contributed by atoms with van der Waals surface area (Å²) in [6.07, 6.45) is 3.37. The van der Waals surface area contributed by atoms with Gasteiger partial charge in [0.1, 0.15) is 18.9 Å². The lowest BCUT2D eigenvalue weighted by atomic mass is 9.71. The number of ketones is 2. The van der Waals surface area contributed by atoms with E-state index < -0.39 is 11.9 Å². The zero-order valence-electron chi connectivity index (χ0n) is 19.9. The third-order valence-electron chi connectivity index (χ3n) is 7.03. The number of carbonyl (C=O) groups excluding carboxylic acids is 2. The molecule has 2 aromatic rings. The minimum Gasteiger partial charge on any atom is -0.487 e. The van der Waals surface area contributed by atoms with Crippen molar-refractivity contribution in [2.45, 2.75) is 51.0 Å². The maximum Gasteiger partial charge on any atom is 0.323 e. The molecule has 0 atom stereocenters. The van der Waals surface area contributed by atoms with E-state index >= 15 is 0 Å². The summed E-state index contributed by atoms with van der Waals surface area (Å²) in [7, 11) is 0. The molecule has 0 fully saturated rings. The molecule has 6 nitrogen and oxygen atoms in total. The predicted octanol–water partition coefficient (Wildman–Crippen LogP) is 7.05. The number of carboxylic acids is 1. The summed E-state index contributed by atoms with van der Waals surface area (Å²) in [5, 5.41) is 9.63. The Morgan fingerprint density at radius 3 is 1.95 bits per heavy atom. The SMILES string of the molecule is O=C(O)CN1C2=C(C(=O)CCC2)C(c2cc(Br)c(OCc3ccc(Br)cc3)c(Br)c2)C2=C1CCCC2=O. The normalized spacial score (nSPS) is 18.2. The van der Waals surface area contributed by atoms with E-state index in [0.29, 0.717) is 71.0 Å². The molecule has 192 valence electrons. The predicted molar refractivity (Wildman–Crippen MR) is 149 cm³/mol. The Hall–Kier alpha value is -2.23. The van der Waals surface area contributed by atoms with E-state index in [9.17, 15) is 19.5 Å². The number of nitrogens with zero attached hydrogens (tertiary/aromatic N) is 1. The van der Waals surface area contributed by atoms with Gasteiger partial charge < -0.3 is 14.7 Å². The molecule has 0 radical (unpaired) electrons. The number of allylic oxidation sites excluding steroid dienone is 4. The molecule has 3 aliphatic rings. The van der Waals surface area contributed by atoms with Crippen molar-refractivity contribution in [3.05, 3.63) is 83.5 Å². The fourth-order valence-corrected chi connectivity index (χ4v) is 7.21. The maximum absolute atomic E-state index is 13.3. The fraction of sp³-hybridized carbons (Fsp3) is 0.321. The Balaban J connectivity index is 1.57. The summed E-state index contributed by atoms with van der Waals surface area (Å²) in [6, 6.07) is 11.7. The highest BCUT2D eigenvalue weighted by atomic mass is 79.9. The van der Waals surface area contributed by atoms with Crippen LogP contribution < -0.4 is 4.74 Å². The third-order valence-corrected chi connectivity index (χ3v) is 8.74. The number of rotatable bonds is 6. The van der Waals surface area contributed by atoms with Gasteiger partial charge in [-0.25, -0.2) is 0 Å². The van der Waals surface area contributed by atoms with Crippen molar-refractivity contribution in [3.63, 3.8) is 0 Å². The lowest BCUT2D eigenvalue weighted by molar-refractivity contribution is -0.138. The summed E-state index contributed by atoms with van der Waals surface area (Å²) in [5.74, 6) is -0.915.